The average molecular weight is 226 g/mol. The molecule has 0 unspecified atom stereocenters. The van der Waals surface area contributed by atoms with Gasteiger partial charge in [-0.15, -0.1) is 12.4 Å². The molecule has 1 aromatic rings. The molecule has 0 saturated carbocycles. The molecule has 0 spiro atoms. The van der Waals surface area contributed by atoms with Crippen LogP contribution < -0.4 is 5.32 Å². The third kappa shape index (κ3) is 5.83. The smallest absolute Gasteiger partial charge is 0.305 e. The molecule has 0 aliphatic heterocycles. The predicted octanol–water partition coefficient (Wildman–Crippen LogP) is 2.76. The van der Waals surface area contributed by atoms with Gasteiger partial charge in [0.1, 0.15) is 0 Å². The molecule has 1 N–H and O–H groups in total. The van der Waals surface area contributed by atoms with Gasteiger partial charge in [-0.25, -0.2) is 0 Å². The van der Waals surface area contributed by atoms with Crippen molar-refractivity contribution in [3.8, 4) is 0 Å². The van der Waals surface area contributed by atoms with Gasteiger partial charge in [0.2, 0.25) is 0 Å². The van der Waals surface area contributed by atoms with E-state index in [1.807, 2.05) is 6.07 Å². The summed E-state index contributed by atoms with van der Waals surface area (Å²) >= 11 is 0. The fraction of sp³-hybridized carbons (Fsp3) is 0.333. The molecule has 0 bridgehead atoms. The molecule has 1 nitrogen and oxygen atoms in total. The van der Waals surface area contributed by atoms with E-state index in [1.165, 1.54) is 0 Å². The van der Waals surface area contributed by atoms with Crippen molar-refractivity contribution in [2.45, 2.75) is 12.7 Å². The molecular weight excluding hydrogens is 215 g/mol. The number of halogens is 4. The Hall–Kier alpha value is -0.740. The van der Waals surface area contributed by atoms with Crippen LogP contribution in [0.3, 0.4) is 0 Å². The minimum absolute atomic E-state index is 0. The molecule has 14 heavy (non-hydrogen) atoms. The lowest BCUT2D eigenvalue weighted by Crippen LogP contribution is -2.28. The van der Waals surface area contributed by atoms with Gasteiger partial charge < -0.3 is 5.32 Å². The Morgan fingerprint density at radius 1 is 1.07 bits per heavy atom. The first kappa shape index (κ1) is 13.3. The molecule has 0 aliphatic rings. The van der Waals surface area contributed by atoms with Crippen LogP contribution in [0.5, 0.6) is 0 Å². The molecule has 0 fully saturated rings. The highest BCUT2D eigenvalue weighted by atomic mass is 35.5. The zero-order chi connectivity index (χ0) is 9.73. The van der Waals surface area contributed by atoms with Crippen LogP contribution in [0.25, 0.3) is 0 Å². The van der Waals surface area contributed by atoms with Crippen LogP contribution >= 0.6 is 12.4 Å². The third-order valence-corrected chi connectivity index (χ3v) is 1.50. The summed E-state index contributed by atoms with van der Waals surface area (Å²) in [6, 6.07) is 8.98. The summed E-state index contributed by atoms with van der Waals surface area (Å²) in [5, 5.41) is 2.32. The van der Waals surface area contributed by atoms with Gasteiger partial charge in [0.15, 0.2) is 0 Å². The van der Waals surface area contributed by atoms with Gasteiger partial charge in [-0.3, -0.25) is 0 Å². The number of rotatable bonds is 3. The van der Waals surface area contributed by atoms with Crippen LogP contribution in [-0.4, -0.2) is 12.7 Å². The quantitative estimate of drug-likeness (QED) is 0.834. The van der Waals surface area contributed by atoms with Gasteiger partial charge in [0.05, 0.1) is 6.54 Å². The van der Waals surface area contributed by atoms with E-state index in [2.05, 4.69) is 5.32 Å². The first-order valence-corrected chi connectivity index (χ1v) is 3.89. The molecule has 80 valence electrons. The van der Waals surface area contributed by atoms with Crippen molar-refractivity contribution in [1.29, 1.82) is 0 Å². The molecule has 0 aliphatic carbocycles. The topological polar surface area (TPSA) is 12.0 Å². The standard InChI is InChI=1S/C9H10F3N.ClH/c10-9(11,12)7-13-6-8-4-2-1-3-5-8;/h1-5,13H,6-7H2;1H. The normalized spacial score (nSPS) is 10.8. The molecule has 1 rings (SSSR count). The summed E-state index contributed by atoms with van der Waals surface area (Å²) < 4.78 is 35.1. The van der Waals surface area contributed by atoms with Gasteiger partial charge in [-0.1, -0.05) is 30.3 Å². The van der Waals surface area contributed by atoms with E-state index in [1.54, 1.807) is 24.3 Å². The largest absolute Gasteiger partial charge is 0.401 e. The summed E-state index contributed by atoms with van der Waals surface area (Å²) in [5.41, 5.74) is 0.853. The molecule has 0 amide bonds. The van der Waals surface area contributed by atoms with Crippen molar-refractivity contribution in [2.24, 2.45) is 0 Å². The highest BCUT2D eigenvalue weighted by Crippen LogP contribution is 2.12. The van der Waals surface area contributed by atoms with Crippen molar-refractivity contribution in [1.82, 2.24) is 5.32 Å². The summed E-state index contributed by atoms with van der Waals surface area (Å²) in [5.74, 6) is 0. The second kappa shape index (κ2) is 5.88. The summed E-state index contributed by atoms with van der Waals surface area (Å²) in [6.07, 6.45) is -4.13. The first-order valence-electron chi connectivity index (χ1n) is 3.89. The predicted molar refractivity (Wildman–Crippen MR) is 51.5 cm³/mol. The molecule has 1 aromatic carbocycles. The Bertz CT molecular complexity index is 248. The molecular formula is C9H11ClF3N. The monoisotopic (exact) mass is 225 g/mol. The molecule has 0 radical (unpaired) electrons. The van der Waals surface area contributed by atoms with E-state index in [4.69, 9.17) is 0 Å². The Balaban J connectivity index is 0.00000169. The van der Waals surface area contributed by atoms with Gasteiger partial charge in [-0.05, 0) is 5.56 Å². The summed E-state index contributed by atoms with van der Waals surface area (Å²) in [4.78, 5) is 0. The highest BCUT2D eigenvalue weighted by molar-refractivity contribution is 5.85. The Labute approximate surface area is 86.7 Å². The first-order chi connectivity index (χ1) is 6.08. The van der Waals surface area contributed by atoms with E-state index in [0.29, 0.717) is 0 Å². The number of nitrogens with one attached hydrogen (secondary N) is 1. The Morgan fingerprint density at radius 2 is 1.64 bits per heavy atom. The second-order valence-corrected chi connectivity index (χ2v) is 2.70. The summed E-state index contributed by atoms with van der Waals surface area (Å²) in [7, 11) is 0. The lowest BCUT2D eigenvalue weighted by molar-refractivity contribution is -0.125. The van der Waals surface area contributed by atoms with E-state index in [0.717, 1.165) is 5.56 Å². The third-order valence-electron chi connectivity index (χ3n) is 1.50. The average Bonchev–Trinajstić information content (AvgIpc) is 2.04. The molecule has 0 aromatic heterocycles. The van der Waals surface area contributed by atoms with Crippen LogP contribution in [0.4, 0.5) is 13.2 Å². The van der Waals surface area contributed by atoms with Crippen LogP contribution in [0.1, 0.15) is 5.56 Å². The maximum Gasteiger partial charge on any atom is 0.401 e. The van der Waals surface area contributed by atoms with Gasteiger partial charge in [0.25, 0.3) is 0 Å². The number of hydrogen-bond acceptors (Lipinski definition) is 1. The van der Waals surface area contributed by atoms with Crippen molar-refractivity contribution >= 4 is 12.4 Å². The van der Waals surface area contributed by atoms with E-state index in [9.17, 15) is 13.2 Å². The van der Waals surface area contributed by atoms with Gasteiger partial charge in [-0.2, -0.15) is 13.2 Å². The van der Waals surface area contributed by atoms with Crippen molar-refractivity contribution in [3.05, 3.63) is 35.9 Å². The van der Waals surface area contributed by atoms with E-state index in [-0.39, 0.29) is 19.0 Å². The Morgan fingerprint density at radius 3 is 2.14 bits per heavy atom. The number of benzene rings is 1. The fourth-order valence-electron chi connectivity index (χ4n) is 0.944. The molecule has 0 saturated heterocycles. The minimum Gasteiger partial charge on any atom is -0.305 e. The molecule has 5 heteroatoms. The van der Waals surface area contributed by atoms with Crippen molar-refractivity contribution in [2.75, 3.05) is 6.54 Å². The van der Waals surface area contributed by atoms with Crippen LogP contribution in [0.2, 0.25) is 0 Å². The zero-order valence-corrected chi connectivity index (χ0v) is 8.16. The zero-order valence-electron chi connectivity index (χ0n) is 7.34. The van der Waals surface area contributed by atoms with Crippen LogP contribution in [0, 0.1) is 0 Å². The van der Waals surface area contributed by atoms with Crippen LogP contribution in [0.15, 0.2) is 30.3 Å². The molecule has 0 atom stereocenters. The summed E-state index contributed by atoms with van der Waals surface area (Å²) in [6.45, 7) is -0.692. The van der Waals surface area contributed by atoms with E-state index < -0.39 is 12.7 Å². The van der Waals surface area contributed by atoms with Crippen molar-refractivity contribution < 1.29 is 13.2 Å². The SMILES string of the molecule is Cl.FC(F)(F)CNCc1ccccc1. The Kier molecular flexibility index (Phi) is 5.57. The second-order valence-electron chi connectivity index (χ2n) is 2.70. The fourth-order valence-corrected chi connectivity index (χ4v) is 0.944. The van der Waals surface area contributed by atoms with Crippen molar-refractivity contribution in [3.63, 3.8) is 0 Å². The van der Waals surface area contributed by atoms with E-state index >= 15 is 0 Å². The molecule has 0 heterocycles. The lowest BCUT2D eigenvalue weighted by Gasteiger charge is -2.07. The van der Waals surface area contributed by atoms with Gasteiger partial charge in [0, 0.05) is 6.54 Å². The minimum atomic E-state index is -4.13. The number of hydrogen-bond donors (Lipinski definition) is 1. The lowest BCUT2D eigenvalue weighted by atomic mass is 10.2. The maximum absolute atomic E-state index is 11.7. The number of alkyl halides is 3. The highest BCUT2D eigenvalue weighted by Gasteiger charge is 2.25. The van der Waals surface area contributed by atoms with Crippen LogP contribution in [-0.2, 0) is 6.54 Å². The van der Waals surface area contributed by atoms with Gasteiger partial charge >= 0.3 is 6.18 Å². The maximum atomic E-state index is 11.7.